The Bertz CT molecular complexity index is 1230. The van der Waals surface area contributed by atoms with Crippen LogP contribution in [0.3, 0.4) is 0 Å². The molecule has 428 valence electrons. The Morgan fingerprint density at radius 1 is 0.384 bits per heavy atom. The van der Waals surface area contributed by atoms with Gasteiger partial charge in [-0.3, -0.25) is 9.59 Å². The number of nitrogens with one attached hydrogen (secondary N) is 1. The minimum atomic E-state index is -0.841. The van der Waals surface area contributed by atoms with Crippen molar-refractivity contribution in [2.75, 3.05) is 13.2 Å². The Balaban J connectivity index is 3.37. The van der Waals surface area contributed by atoms with Gasteiger partial charge in [0.05, 0.1) is 25.4 Å². The zero-order valence-corrected chi connectivity index (χ0v) is 48.9. The lowest BCUT2D eigenvalue weighted by atomic mass is 10.0. The zero-order chi connectivity index (χ0) is 52.9. The van der Waals surface area contributed by atoms with Gasteiger partial charge < -0.3 is 20.3 Å². The van der Waals surface area contributed by atoms with Gasteiger partial charge in [0.2, 0.25) is 5.91 Å². The van der Waals surface area contributed by atoms with E-state index in [9.17, 15) is 19.8 Å². The maximum atomic E-state index is 12.4. The Kier molecular flexibility index (Phi) is 60.5. The van der Waals surface area contributed by atoms with Crippen molar-refractivity contribution < 1.29 is 24.5 Å². The number of unbranched alkanes of at least 4 members (excludes halogenated alkanes) is 43. The molecular weight excluding hydrogens is 899 g/mol. The molecule has 0 aliphatic heterocycles. The van der Waals surface area contributed by atoms with Gasteiger partial charge in [-0.2, -0.15) is 0 Å². The van der Waals surface area contributed by atoms with Crippen LogP contribution in [0.25, 0.3) is 0 Å². The van der Waals surface area contributed by atoms with Crippen molar-refractivity contribution in [2.45, 2.75) is 353 Å². The molecule has 0 rings (SSSR count). The van der Waals surface area contributed by atoms with Crippen LogP contribution in [0.2, 0.25) is 0 Å². The lowest BCUT2D eigenvalue weighted by molar-refractivity contribution is -0.143. The van der Waals surface area contributed by atoms with Gasteiger partial charge in [0.1, 0.15) is 0 Å². The summed E-state index contributed by atoms with van der Waals surface area (Å²) in [4.78, 5) is 24.4. The molecule has 0 aromatic carbocycles. The molecule has 0 saturated carbocycles. The summed E-state index contributed by atoms with van der Waals surface area (Å²) in [5.74, 6) is -0.0634. The van der Waals surface area contributed by atoms with Gasteiger partial charge in [0, 0.05) is 12.8 Å². The molecule has 2 atom stereocenters. The lowest BCUT2D eigenvalue weighted by Crippen LogP contribution is -2.45. The smallest absolute Gasteiger partial charge is 0.305 e. The number of hydrogen-bond donors (Lipinski definition) is 3. The van der Waals surface area contributed by atoms with Crippen molar-refractivity contribution in [1.29, 1.82) is 0 Å². The average molecular weight is 1020 g/mol. The van der Waals surface area contributed by atoms with E-state index in [0.717, 1.165) is 51.4 Å². The summed E-state index contributed by atoms with van der Waals surface area (Å²) in [6.45, 7) is 4.87. The number of ether oxygens (including phenoxy) is 1. The Hall–Kier alpha value is -2.18. The van der Waals surface area contributed by atoms with E-state index < -0.39 is 12.1 Å². The summed E-state index contributed by atoms with van der Waals surface area (Å²) in [7, 11) is 0. The van der Waals surface area contributed by atoms with Gasteiger partial charge >= 0.3 is 5.97 Å². The SMILES string of the molecule is CCCCCCC/C=C\CCCCCCCC(=O)OCCCCCCCCCCC/C=C\C/C=C\CCCCCCCCCCCCCCCCCCCC(=O)NC(CO)C(O)/C=C/CCCCCCCCC. The molecule has 0 bridgehead atoms. The van der Waals surface area contributed by atoms with E-state index >= 15 is 0 Å². The maximum absolute atomic E-state index is 12.4. The van der Waals surface area contributed by atoms with Gasteiger partial charge in [-0.1, -0.05) is 287 Å². The summed E-state index contributed by atoms with van der Waals surface area (Å²) >= 11 is 0. The molecule has 6 nitrogen and oxygen atoms in total. The minimum absolute atomic E-state index is 0.00504. The second-order valence-corrected chi connectivity index (χ2v) is 22.1. The minimum Gasteiger partial charge on any atom is -0.466 e. The largest absolute Gasteiger partial charge is 0.466 e. The highest BCUT2D eigenvalue weighted by Crippen LogP contribution is 2.17. The Morgan fingerprint density at radius 3 is 1.05 bits per heavy atom. The molecule has 0 radical (unpaired) electrons. The van der Waals surface area contributed by atoms with Crippen LogP contribution in [-0.4, -0.2) is 47.4 Å². The first-order valence-corrected chi connectivity index (χ1v) is 32.4. The van der Waals surface area contributed by atoms with Crippen LogP contribution in [0.1, 0.15) is 341 Å². The molecule has 0 aliphatic rings. The normalized spacial score (nSPS) is 12.9. The number of carbonyl (C=O) groups is 2. The Labute approximate surface area is 455 Å². The Morgan fingerprint density at radius 2 is 0.685 bits per heavy atom. The predicted octanol–water partition coefficient (Wildman–Crippen LogP) is 20.5. The third kappa shape index (κ3) is 58.9. The van der Waals surface area contributed by atoms with Crippen LogP contribution in [0.4, 0.5) is 0 Å². The van der Waals surface area contributed by atoms with Crippen LogP contribution in [0.5, 0.6) is 0 Å². The predicted molar refractivity (Wildman–Crippen MR) is 319 cm³/mol. The molecule has 0 spiro atoms. The van der Waals surface area contributed by atoms with E-state index in [1.807, 2.05) is 6.08 Å². The molecular formula is C67H125NO5. The number of hydrogen-bond acceptors (Lipinski definition) is 5. The fourth-order valence-corrected chi connectivity index (χ4v) is 9.84. The second kappa shape index (κ2) is 62.4. The van der Waals surface area contributed by atoms with Crippen LogP contribution in [-0.2, 0) is 14.3 Å². The van der Waals surface area contributed by atoms with Gasteiger partial charge in [-0.15, -0.1) is 0 Å². The van der Waals surface area contributed by atoms with Crippen LogP contribution in [0.15, 0.2) is 48.6 Å². The first-order valence-electron chi connectivity index (χ1n) is 32.4. The third-order valence-corrected chi connectivity index (χ3v) is 14.8. The van der Waals surface area contributed by atoms with Crippen molar-refractivity contribution in [1.82, 2.24) is 5.32 Å². The first-order chi connectivity index (χ1) is 36.0. The molecule has 0 fully saturated rings. The highest BCUT2D eigenvalue weighted by atomic mass is 16.5. The molecule has 0 aromatic heterocycles. The average Bonchev–Trinajstić information content (AvgIpc) is 3.39. The standard InChI is InChI=1S/C67H125NO5/c1-3-5-7-9-11-13-14-15-38-41-45-49-53-57-61-67(72)73-62-58-54-50-46-42-39-36-34-32-30-28-26-24-22-20-18-16-17-19-21-23-25-27-29-31-33-35-37-40-44-48-52-56-60-66(71)68-64(63-69)65(70)59-55-51-47-43-12-10-8-6-4-2/h14-15,20,22,26,28,55,59,64-65,69-70H,3-13,16-19,21,23-25,27,29-54,56-58,60-63H2,1-2H3,(H,68,71)/b15-14-,22-20-,28-26-,59-55+. The number of esters is 1. The zero-order valence-electron chi connectivity index (χ0n) is 48.9. The number of aliphatic hydroxyl groups is 2. The van der Waals surface area contributed by atoms with E-state index in [1.165, 1.54) is 263 Å². The topological polar surface area (TPSA) is 95.9 Å². The molecule has 0 aromatic rings. The summed E-state index contributed by atoms with van der Waals surface area (Å²) in [5.41, 5.74) is 0. The number of carbonyl (C=O) groups excluding carboxylic acids is 2. The maximum Gasteiger partial charge on any atom is 0.305 e. The highest BCUT2D eigenvalue weighted by molar-refractivity contribution is 5.76. The van der Waals surface area contributed by atoms with Gasteiger partial charge in [-0.05, 0) is 89.9 Å². The third-order valence-electron chi connectivity index (χ3n) is 14.8. The molecule has 0 heterocycles. The second-order valence-electron chi connectivity index (χ2n) is 22.1. The van der Waals surface area contributed by atoms with Gasteiger partial charge in [0.15, 0.2) is 0 Å². The quantitative estimate of drug-likeness (QED) is 0.0320. The van der Waals surface area contributed by atoms with Crippen molar-refractivity contribution in [3.8, 4) is 0 Å². The summed E-state index contributed by atoms with van der Waals surface area (Å²) in [5, 5.41) is 23.0. The van der Waals surface area contributed by atoms with Gasteiger partial charge in [-0.25, -0.2) is 0 Å². The van der Waals surface area contributed by atoms with Gasteiger partial charge in [0.25, 0.3) is 0 Å². The van der Waals surface area contributed by atoms with Crippen molar-refractivity contribution in [3.05, 3.63) is 48.6 Å². The summed E-state index contributed by atoms with van der Waals surface area (Å²) in [6, 6.07) is -0.624. The van der Waals surface area contributed by atoms with E-state index in [-0.39, 0.29) is 18.5 Å². The van der Waals surface area contributed by atoms with Crippen molar-refractivity contribution in [2.24, 2.45) is 0 Å². The van der Waals surface area contributed by atoms with Crippen LogP contribution < -0.4 is 5.32 Å². The van der Waals surface area contributed by atoms with E-state index in [4.69, 9.17) is 4.74 Å². The fourth-order valence-electron chi connectivity index (χ4n) is 9.84. The monoisotopic (exact) mass is 1020 g/mol. The molecule has 3 N–H and O–H groups in total. The molecule has 0 aliphatic carbocycles. The van der Waals surface area contributed by atoms with Crippen LogP contribution in [0, 0.1) is 0 Å². The number of amides is 1. The van der Waals surface area contributed by atoms with Crippen LogP contribution >= 0.6 is 0 Å². The first kappa shape index (κ1) is 70.8. The van der Waals surface area contributed by atoms with E-state index in [0.29, 0.717) is 19.4 Å². The fraction of sp³-hybridized carbons (Fsp3) is 0.851. The summed E-state index contributed by atoms with van der Waals surface area (Å²) in [6.07, 6.45) is 80.5. The van der Waals surface area contributed by atoms with E-state index in [2.05, 4.69) is 55.6 Å². The summed E-state index contributed by atoms with van der Waals surface area (Å²) < 4.78 is 5.48. The number of aliphatic hydroxyl groups excluding tert-OH is 2. The molecule has 0 saturated heterocycles. The molecule has 2 unspecified atom stereocenters. The molecule has 73 heavy (non-hydrogen) atoms. The van der Waals surface area contributed by atoms with Crippen molar-refractivity contribution in [3.63, 3.8) is 0 Å². The molecule has 1 amide bonds. The van der Waals surface area contributed by atoms with E-state index in [1.54, 1.807) is 6.08 Å². The molecule has 6 heteroatoms. The highest BCUT2D eigenvalue weighted by Gasteiger charge is 2.18. The number of allylic oxidation sites excluding steroid dienone is 7. The number of rotatable bonds is 60. The van der Waals surface area contributed by atoms with Crippen molar-refractivity contribution >= 4 is 11.9 Å². The lowest BCUT2D eigenvalue weighted by Gasteiger charge is -2.20.